The summed E-state index contributed by atoms with van der Waals surface area (Å²) in [5.41, 5.74) is 1.41. The minimum absolute atomic E-state index is 0.0337. The van der Waals surface area contributed by atoms with Gasteiger partial charge in [-0.1, -0.05) is 30.3 Å². The molecule has 0 radical (unpaired) electrons. The Balaban J connectivity index is 1.40. The average molecular weight is 362 g/mol. The summed E-state index contributed by atoms with van der Waals surface area (Å²) in [6.07, 6.45) is 5.50. The highest BCUT2D eigenvalue weighted by atomic mass is 19.1. The molecule has 2 fully saturated rings. The number of halogens is 1. The highest BCUT2D eigenvalue weighted by Gasteiger charge is 2.31. The molecule has 0 unspecified atom stereocenters. The summed E-state index contributed by atoms with van der Waals surface area (Å²) < 4.78 is 12.3. The minimum atomic E-state index is -0.483. The summed E-state index contributed by atoms with van der Waals surface area (Å²) in [5.74, 6) is 0.0686. The smallest absolute Gasteiger partial charge is 0.224 e. The molecule has 2 saturated heterocycles. The normalized spacial score (nSPS) is 23.0. The molecule has 0 aliphatic carbocycles. The van der Waals surface area contributed by atoms with Crippen molar-refractivity contribution in [2.24, 2.45) is 5.92 Å². The first-order chi connectivity index (χ1) is 12.8. The van der Waals surface area contributed by atoms with Crippen molar-refractivity contribution in [3.05, 3.63) is 35.9 Å². The van der Waals surface area contributed by atoms with E-state index in [1.807, 2.05) is 0 Å². The van der Waals surface area contributed by atoms with Crippen LogP contribution in [0.1, 0.15) is 31.2 Å². The van der Waals surface area contributed by atoms with Gasteiger partial charge in [0, 0.05) is 25.7 Å². The Morgan fingerprint density at radius 3 is 2.62 bits per heavy atom. The number of alkyl halides is 1. The maximum Gasteiger partial charge on any atom is 0.224 e. The maximum atomic E-state index is 12.3. The summed E-state index contributed by atoms with van der Waals surface area (Å²) in [4.78, 5) is 17.2. The second-order valence-electron chi connectivity index (χ2n) is 7.62. The standard InChI is InChI=1S/C21H32FN3O/c22-11-12-23-21(26)19-7-4-13-25(17-19)20-9-15-24(16-10-20)14-8-18-5-2-1-3-6-18/h1-3,5-6,19-20H,4,7-17H2,(H,23,26)/t19-/m1/s1. The van der Waals surface area contributed by atoms with Gasteiger partial charge in [-0.25, -0.2) is 4.39 Å². The first kappa shape index (κ1) is 19.3. The molecule has 1 N–H and O–H groups in total. The topological polar surface area (TPSA) is 35.6 Å². The van der Waals surface area contributed by atoms with Crippen LogP contribution in [0.3, 0.4) is 0 Å². The number of likely N-dealkylation sites (tertiary alicyclic amines) is 2. The highest BCUT2D eigenvalue weighted by molar-refractivity contribution is 5.78. The molecule has 3 rings (SSSR count). The predicted octanol–water partition coefficient (Wildman–Crippen LogP) is 2.49. The first-order valence-corrected chi connectivity index (χ1v) is 10.1. The Kier molecular flexibility index (Phi) is 7.44. The van der Waals surface area contributed by atoms with E-state index < -0.39 is 6.67 Å². The Labute approximate surface area is 156 Å². The fourth-order valence-corrected chi connectivity index (χ4v) is 4.31. The van der Waals surface area contributed by atoms with Crippen LogP contribution in [0.4, 0.5) is 4.39 Å². The number of carbonyl (C=O) groups excluding carboxylic acids is 1. The van der Waals surface area contributed by atoms with Gasteiger partial charge in [-0.2, -0.15) is 0 Å². The molecule has 1 amide bonds. The Morgan fingerprint density at radius 2 is 1.88 bits per heavy atom. The van der Waals surface area contributed by atoms with Crippen LogP contribution in [0.25, 0.3) is 0 Å². The number of nitrogens with zero attached hydrogens (tertiary/aromatic N) is 2. The second kappa shape index (κ2) is 10.0. The van der Waals surface area contributed by atoms with E-state index >= 15 is 0 Å². The molecular weight excluding hydrogens is 329 g/mol. The molecular formula is C21H32FN3O. The van der Waals surface area contributed by atoms with Crippen LogP contribution in [0.15, 0.2) is 30.3 Å². The largest absolute Gasteiger partial charge is 0.353 e. The third kappa shape index (κ3) is 5.52. The number of hydrogen-bond donors (Lipinski definition) is 1. The monoisotopic (exact) mass is 361 g/mol. The van der Waals surface area contributed by atoms with Crippen LogP contribution in [0.2, 0.25) is 0 Å². The SMILES string of the molecule is O=C(NCCF)[C@@H]1CCCN(C2CCN(CCc3ccccc3)CC2)C1. The third-order valence-corrected chi connectivity index (χ3v) is 5.85. The van der Waals surface area contributed by atoms with Crippen molar-refractivity contribution in [2.45, 2.75) is 38.1 Å². The van der Waals surface area contributed by atoms with E-state index in [1.165, 1.54) is 18.4 Å². The minimum Gasteiger partial charge on any atom is -0.353 e. The molecule has 0 aromatic heterocycles. The number of rotatable bonds is 7. The lowest BCUT2D eigenvalue weighted by atomic mass is 9.93. The molecule has 144 valence electrons. The van der Waals surface area contributed by atoms with Crippen molar-refractivity contribution < 1.29 is 9.18 Å². The molecule has 4 nitrogen and oxygen atoms in total. The molecule has 2 heterocycles. The number of amides is 1. The fraction of sp³-hybridized carbons (Fsp3) is 0.667. The van der Waals surface area contributed by atoms with Crippen molar-refractivity contribution in [1.29, 1.82) is 0 Å². The first-order valence-electron chi connectivity index (χ1n) is 10.1. The molecule has 5 heteroatoms. The van der Waals surface area contributed by atoms with Gasteiger partial charge in [0.1, 0.15) is 6.67 Å². The van der Waals surface area contributed by atoms with E-state index in [0.29, 0.717) is 6.04 Å². The van der Waals surface area contributed by atoms with E-state index in [4.69, 9.17) is 0 Å². The van der Waals surface area contributed by atoms with Gasteiger partial charge in [0.05, 0.1) is 5.92 Å². The van der Waals surface area contributed by atoms with E-state index in [-0.39, 0.29) is 18.4 Å². The van der Waals surface area contributed by atoms with E-state index in [2.05, 4.69) is 45.4 Å². The van der Waals surface area contributed by atoms with Gasteiger partial charge < -0.3 is 10.2 Å². The Morgan fingerprint density at radius 1 is 1.12 bits per heavy atom. The number of nitrogens with one attached hydrogen (secondary N) is 1. The summed E-state index contributed by atoms with van der Waals surface area (Å²) in [7, 11) is 0. The molecule has 26 heavy (non-hydrogen) atoms. The lowest BCUT2D eigenvalue weighted by Gasteiger charge is -2.42. The van der Waals surface area contributed by atoms with Crippen molar-refractivity contribution in [3.63, 3.8) is 0 Å². The zero-order valence-corrected chi connectivity index (χ0v) is 15.7. The summed E-state index contributed by atoms with van der Waals surface area (Å²) in [5, 5.41) is 2.72. The number of benzene rings is 1. The quantitative estimate of drug-likeness (QED) is 0.810. The summed E-state index contributed by atoms with van der Waals surface area (Å²) >= 11 is 0. The Bertz CT molecular complexity index is 545. The molecule has 1 aromatic rings. The molecule has 0 spiro atoms. The van der Waals surface area contributed by atoms with Crippen molar-refractivity contribution in [2.75, 3.05) is 45.9 Å². The van der Waals surface area contributed by atoms with Gasteiger partial charge in [-0.3, -0.25) is 9.69 Å². The molecule has 1 atom stereocenters. The van der Waals surface area contributed by atoms with E-state index in [1.54, 1.807) is 0 Å². The molecule has 0 saturated carbocycles. The number of hydrogen-bond acceptors (Lipinski definition) is 3. The van der Waals surface area contributed by atoms with Crippen molar-refractivity contribution >= 4 is 5.91 Å². The van der Waals surface area contributed by atoms with Crippen molar-refractivity contribution in [1.82, 2.24) is 15.1 Å². The van der Waals surface area contributed by atoms with Crippen LogP contribution < -0.4 is 5.32 Å². The lowest BCUT2D eigenvalue weighted by molar-refractivity contribution is -0.127. The molecule has 1 aromatic carbocycles. The highest BCUT2D eigenvalue weighted by Crippen LogP contribution is 2.24. The zero-order chi connectivity index (χ0) is 18.2. The van der Waals surface area contributed by atoms with Gasteiger partial charge in [0.15, 0.2) is 0 Å². The molecule has 0 bridgehead atoms. The predicted molar refractivity (Wildman–Crippen MR) is 103 cm³/mol. The van der Waals surface area contributed by atoms with Gasteiger partial charge in [-0.05, 0) is 57.3 Å². The average Bonchev–Trinajstić information content (AvgIpc) is 2.71. The molecule has 2 aliphatic rings. The summed E-state index contributed by atoms with van der Waals surface area (Å²) in [6.45, 7) is 5.03. The molecule has 2 aliphatic heterocycles. The summed E-state index contributed by atoms with van der Waals surface area (Å²) in [6, 6.07) is 11.3. The van der Waals surface area contributed by atoms with Gasteiger partial charge in [0.2, 0.25) is 5.91 Å². The lowest BCUT2D eigenvalue weighted by Crippen LogP contribution is -2.51. The van der Waals surface area contributed by atoms with E-state index in [9.17, 15) is 9.18 Å². The second-order valence-corrected chi connectivity index (χ2v) is 7.62. The van der Waals surface area contributed by atoms with Crippen LogP contribution in [-0.2, 0) is 11.2 Å². The van der Waals surface area contributed by atoms with Crippen LogP contribution in [0.5, 0.6) is 0 Å². The maximum absolute atomic E-state index is 12.3. The van der Waals surface area contributed by atoms with Gasteiger partial charge in [0.25, 0.3) is 0 Å². The fourth-order valence-electron chi connectivity index (χ4n) is 4.31. The van der Waals surface area contributed by atoms with Crippen LogP contribution in [-0.4, -0.2) is 67.7 Å². The Hall–Kier alpha value is -1.46. The number of carbonyl (C=O) groups is 1. The zero-order valence-electron chi connectivity index (χ0n) is 15.7. The number of piperidine rings is 2. The van der Waals surface area contributed by atoms with E-state index in [0.717, 1.165) is 52.0 Å². The van der Waals surface area contributed by atoms with Gasteiger partial charge >= 0.3 is 0 Å². The third-order valence-electron chi connectivity index (χ3n) is 5.85. The van der Waals surface area contributed by atoms with Gasteiger partial charge in [-0.15, -0.1) is 0 Å². The van der Waals surface area contributed by atoms with Crippen LogP contribution in [0, 0.1) is 5.92 Å². The van der Waals surface area contributed by atoms with Crippen LogP contribution >= 0.6 is 0 Å². The van der Waals surface area contributed by atoms with Crippen molar-refractivity contribution in [3.8, 4) is 0 Å².